The molecule has 0 atom stereocenters. The molecule has 1 N–H and O–H groups in total. The minimum atomic E-state index is -1.05. The minimum absolute atomic E-state index is 0.0471. The van der Waals surface area contributed by atoms with Crippen molar-refractivity contribution in [1.29, 1.82) is 0 Å². The Morgan fingerprint density at radius 3 is 2.53 bits per heavy atom. The van der Waals surface area contributed by atoms with Crippen molar-refractivity contribution in [2.24, 2.45) is 0 Å². The first-order valence-corrected chi connectivity index (χ1v) is 14.4. The standard InChI is InChI=1S/C31H37N5O7/c1-31(2,3)43-30(40)36(20-22-17-26-27(19-32-22)42-15-14-41-26)23-8-10-34(11-9-23)12-13-35-25-16-21(4-7-29(38)39)18-33-24(25)5-6-28(35)37/h4-7,16-19,23H,8-15,20H2,1-3H3,(H,38,39). The lowest BCUT2D eigenvalue weighted by atomic mass is 10.0. The monoisotopic (exact) mass is 591 g/mol. The maximum Gasteiger partial charge on any atom is 0.410 e. The predicted molar refractivity (Wildman–Crippen MR) is 159 cm³/mol. The van der Waals surface area contributed by atoms with Gasteiger partial charge < -0.3 is 28.8 Å². The normalized spacial score (nSPS) is 16.0. The van der Waals surface area contributed by atoms with Crippen LogP contribution in [0.15, 0.2) is 47.5 Å². The first-order valence-electron chi connectivity index (χ1n) is 14.4. The second-order valence-electron chi connectivity index (χ2n) is 11.7. The number of nitrogens with zero attached hydrogens (tertiary/aromatic N) is 5. The van der Waals surface area contributed by atoms with Crippen molar-refractivity contribution < 1.29 is 28.9 Å². The Morgan fingerprint density at radius 1 is 1.07 bits per heavy atom. The van der Waals surface area contributed by atoms with E-state index in [-0.39, 0.29) is 24.2 Å². The highest BCUT2D eigenvalue weighted by molar-refractivity contribution is 5.86. The second-order valence-corrected chi connectivity index (χ2v) is 11.7. The first kappa shape index (κ1) is 30.0. The molecule has 0 radical (unpaired) electrons. The number of fused-ring (bicyclic) bond motifs is 2. The molecule has 1 amide bonds. The number of amides is 1. The van der Waals surface area contributed by atoms with Gasteiger partial charge in [-0.1, -0.05) is 0 Å². The highest BCUT2D eigenvalue weighted by Gasteiger charge is 2.32. The Labute approximate surface area is 249 Å². The Bertz CT molecular complexity index is 1570. The number of aromatic nitrogens is 3. The van der Waals surface area contributed by atoms with Gasteiger partial charge in [0.15, 0.2) is 11.5 Å². The molecule has 0 saturated carbocycles. The third-order valence-corrected chi connectivity index (χ3v) is 7.36. The summed E-state index contributed by atoms with van der Waals surface area (Å²) in [4.78, 5) is 50.0. The number of piperidine rings is 1. The van der Waals surface area contributed by atoms with Gasteiger partial charge in [0, 0.05) is 56.6 Å². The molecule has 12 nitrogen and oxygen atoms in total. The number of carbonyl (C=O) groups is 2. The van der Waals surface area contributed by atoms with Crippen LogP contribution in [0.1, 0.15) is 44.9 Å². The lowest BCUT2D eigenvalue weighted by Crippen LogP contribution is -2.49. The van der Waals surface area contributed by atoms with E-state index >= 15 is 0 Å². The largest absolute Gasteiger partial charge is 0.486 e. The molecule has 12 heteroatoms. The molecule has 2 aliphatic heterocycles. The fourth-order valence-corrected chi connectivity index (χ4v) is 5.28. The minimum Gasteiger partial charge on any atom is -0.486 e. The van der Waals surface area contributed by atoms with Gasteiger partial charge in [-0.2, -0.15) is 0 Å². The van der Waals surface area contributed by atoms with Gasteiger partial charge >= 0.3 is 12.1 Å². The number of pyridine rings is 3. The maximum atomic E-state index is 13.3. The Balaban J connectivity index is 1.26. The molecule has 5 rings (SSSR count). The number of ether oxygens (including phenoxy) is 3. The van der Waals surface area contributed by atoms with Crippen molar-refractivity contribution in [3.8, 4) is 11.5 Å². The van der Waals surface area contributed by atoms with E-state index in [1.807, 2.05) is 26.8 Å². The number of rotatable bonds is 8. The van der Waals surface area contributed by atoms with E-state index in [0.717, 1.165) is 32.0 Å². The van der Waals surface area contributed by atoms with Crippen LogP contribution in [0.4, 0.5) is 4.79 Å². The van der Waals surface area contributed by atoms with Gasteiger partial charge in [-0.25, -0.2) is 9.59 Å². The van der Waals surface area contributed by atoms with E-state index in [1.165, 1.54) is 12.1 Å². The van der Waals surface area contributed by atoms with Crippen molar-refractivity contribution in [3.63, 3.8) is 0 Å². The van der Waals surface area contributed by atoms with Crippen molar-refractivity contribution in [1.82, 2.24) is 24.3 Å². The average molecular weight is 592 g/mol. The number of carboxylic acids is 1. The summed E-state index contributed by atoms with van der Waals surface area (Å²) >= 11 is 0. The molecule has 43 heavy (non-hydrogen) atoms. The third kappa shape index (κ3) is 7.69. The summed E-state index contributed by atoms with van der Waals surface area (Å²) in [6, 6.07) is 6.72. The topological polar surface area (TPSA) is 136 Å². The number of carboxylic acid groups (broad SMARTS) is 1. The molecule has 3 aromatic heterocycles. The van der Waals surface area contributed by atoms with Gasteiger partial charge in [0.05, 0.1) is 29.5 Å². The SMILES string of the molecule is CC(C)(C)OC(=O)N(Cc1cc2c(cn1)OCCO2)C1CCN(CCn2c(=O)ccc3ncc(C=CC(=O)O)cc32)CC1. The first-order chi connectivity index (χ1) is 20.6. The van der Waals surface area contributed by atoms with Crippen molar-refractivity contribution in [2.45, 2.75) is 58.3 Å². The van der Waals surface area contributed by atoms with Crippen LogP contribution in [0, 0.1) is 0 Å². The zero-order valence-corrected chi connectivity index (χ0v) is 24.7. The molecule has 0 spiro atoms. The molecule has 0 unspecified atom stereocenters. The van der Waals surface area contributed by atoms with E-state index in [1.54, 1.807) is 34.0 Å². The molecule has 0 bridgehead atoms. The number of carbonyl (C=O) groups excluding carboxylic acids is 1. The number of aliphatic carboxylic acids is 1. The smallest absolute Gasteiger partial charge is 0.410 e. The molecule has 1 fully saturated rings. The highest BCUT2D eigenvalue weighted by Crippen LogP contribution is 2.30. The molecule has 2 aliphatic rings. The van der Waals surface area contributed by atoms with E-state index < -0.39 is 11.6 Å². The third-order valence-electron chi connectivity index (χ3n) is 7.36. The fraction of sp³-hybridized carbons (Fsp3) is 0.452. The molecule has 0 aliphatic carbocycles. The molecular weight excluding hydrogens is 554 g/mol. The lowest BCUT2D eigenvalue weighted by molar-refractivity contribution is -0.131. The van der Waals surface area contributed by atoms with E-state index in [9.17, 15) is 14.4 Å². The zero-order chi connectivity index (χ0) is 30.6. The van der Waals surface area contributed by atoms with Crippen LogP contribution >= 0.6 is 0 Å². The highest BCUT2D eigenvalue weighted by atomic mass is 16.6. The quantitative estimate of drug-likeness (QED) is 0.387. The van der Waals surface area contributed by atoms with E-state index in [4.69, 9.17) is 19.3 Å². The van der Waals surface area contributed by atoms with Gasteiger partial charge in [0.1, 0.15) is 18.8 Å². The molecule has 5 heterocycles. The summed E-state index contributed by atoms with van der Waals surface area (Å²) in [5, 5.41) is 8.96. The second kappa shape index (κ2) is 12.8. The van der Waals surface area contributed by atoms with Gasteiger partial charge in [-0.3, -0.25) is 19.7 Å². The summed E-state index contributed by atoms with van der Waals surface area (Å²) < 4.78 is 18.7. The van der Waals surface area contributed by atoms with Crippen molar-refractivity contribution >= 4 is 29.2 Å². The molecule has 0 aromatic carbocycles. The molecule has 1 saturated heterocycles. The summed E-state index contributed by atoms with van der Waals surface area (Å²) in [5.74, 6) is 0.169. The van der Waals surface area contributed by atoms with Crippen LogP contribution in [0.5, 0.6) is 11.5 Å². The Kier molecular flexibility index (Phi) is 8.95. The van der Waals surface area contributed by atoms with Gasteiger partial charge in [0.25, 0.3) is 5.56 Å². The van der Waals surface area contributed by atoms with Crippen LogP contribution in [-0.4, -0.2) is 86.0 Å². The lowest BCUT2D eigenvalue weighted by Gasteiger charge is -2.39. The Morgan fingerprint density at radius 2 is 1.81 bits per heavy atom. The van der Waals surface area contributed by atoms with Crippen LogP contribution in [0.2, 0.25) is 0 Å². The maximum absolute atomic E-state index is 13.3. The van der Waals surface area contributed by atoms with E-state index in [2.05, 4.69) is 14.9 Å². The summed E-state index contributed by atoms with van der Waals surface area (Å²) in [5.41, 5.74) is 1.82. The number of hydrogen-bond acceptors (Lipinski definition) is 9. The zero-order valence-electron chi connectivity index (χ0n) is 24.7. The molecule has 3 aromatic rings. The van der Waals surface area contributed by atoms with Crippen LogP contribution in [-0.2, 0) is 22.6 Å². The summed E-state index contributed by atoms with van der Waals surface area (Å²) in [6.07, 6.45) is 6.81. The van der Waals surface area contributed by atoms with Gasteiger partial charge in [-0.15, -0.1) is 0 Å². The number of hydrogen-bond donors (Lipinski definition) is 1. The molecular formula is C31H37N5O7. The van der Waals surface area contributed by atoms with Gasteiger partial charge in [-0.05, 0) is 57.4 Å². The van der Waals surface area contributed by atoms with Crippen LogP contribution < -0.4 is 15.0 Å². The van der Waals surface area contributed by atoms with Gasteiger partial charge in [0.2, 0.25) is 0 Å². The molecule has 228 valence electrons. The predicted octanol–water partition coefficient (Wildman–Crippen LogP) is 3.56. The number of likely N-dealkylation sites (tertiary alicyclic amines) is 1. The average Bonchev–Trinajstić information content (AvgIpc) is 2.97. The van der Waals surface area contributed by atoms with Crippen molar-refractivity contribution in [2.75, 3.05) is 32.8 Å². The van der Waals surface area contributed by atoms with E-state index in [0.29, 0.717) is 60.1 Å². The summed E-state index contributed by atoms with van der Waals surface area (Å²) in [6.45, 7) is 9.35. The fourth-order valence-electron chi connectivity index (χ4n) is 5.28. The van der Waals surface area contributed by atoms with Crippen molar-refractivity contribution in [3.05, 3.63) is 64.3 Å². The van der Waals surface area contributed by atoms with Crippen LogP contribution in [0.25, 0.3) is 17.1 Å². The summed E-state index contributed by atoms with van der Waals surface area (Å²) in [7, 11) is 0. The van der Waals surface area contributed by atoms with Crippen LogP contribution in [0.3, 0.4) is 0 Å². The Hall–Kier alpha value is -4.45.